The van der Waals surface area contributed by atoms with Crippen molar-refractivity contribution in [3.63, 3.8) is 0 Å². The molecular formula is C54H36N4OPd. The van der Waals surface area contributed by atoms with Crippen molar-refractivity contribution in [1.82, 2.24) is 18.8 Å². The normalized spacial score (nSPS) is 11.9. The predicted molar refractivity (Wildman–Crippen MR) is 243 cm³/mol. The van der Waals surface area contributed by atoms with Gasteiger partial charge in [-0.3, -0.25) is 9.97 Å². The molecule has 288 valence electrons. The molecule has 0 bridgehead atoms. The summed E-state index contributed by atoms with van der Waals surface area (Å²) < 4.78 is 11.4. The number of pyridine rings is 2. The number of rotatable bonds is 4. The van der Waals surface area contributed by atoms with Gasteiger partial charge in [0.2, 0.25) is 0 Å². The Morgan fingerprint density at radius 3 is 1.55 bits per heavy atom. The van der Waals surface area contributed by atoms with E-state index in [2.05, 4.69) is 176 Å². The number of fused-ring (bicyclic) bond motifs is 16. The average Bonchev–Trinajstić information content (AvgIpc) is 3.84. The van der Waals surface area contributed by atoms with Gasteiger partial charge in [-0.25, -0.2) is 0 Å². The molecule has 0 saturated carbocycles. The number of imidazole rings is 2. The van der Waals surface area contributed by atoms with E-state index in [1.807, 2.05) is 18.2 Å². The molecule has 0 unspecified atom stereocenters. The van der Waals surface area contributed by atoms with Crippen molar-refractivity contribution in [1.29, 1.82) is 0 Å². The fourth-order valence-corrected chi connectivity index (χ4v) is 9.71. The minimum Gasteiger partial charge on any atom is -0.497 e. The summed E-state index contributed by atoms with van der Waals surface area (Å²) in [6.45, 7) is 8.84. The third kappa shape index (κ3) is 5.21. The number of para-hydroxylation sites is 5. The van der Waals surface area contributed by atoms with Gasteiger partial charge in [-0.1, -0.05) is 137 Å². The molecular weight excluding hydrogens is 827 g/mol. The Bertz CT molecular complexity index is 3720. The van der Waals surface area contributed by atoms with Gasteiger partial charge in [0.25, 0.3) is 0 Å². The zero-order valence-electron chi connectivity index (χ0n) is 33.4. The van der Waals surface area contributed by atoms with Crippen molar-refractivity contribution in [3.05, 3.63) is 180 Å². The minimum atomic E-state index is 0. The van der Waals surface area contributed by atoms with Crippen molar-refractivity contribution in [2.45, 2.75) is 27.7 Å². The van der Waals surface area contributed by atoms with Crippen LogP contribution in [0.1, 0.15) is 22.3 Å². The van der Waals surface area contributed by atoms with Crippen LogP contribution >= 0.6 is 0 Å². The van der Waals surface area contributed by atoms with E-state index in [1.54, 1.807) is 0 Å². The Morgan fingerprint density at radius 2 is 0.917 bits per heavy atom. The molecule has 12 aromatic rings. The van der Waals surface area contributed by atoms with Gasteiger partial charge in [0.05, 0.1) is 33.4 Å². The van der Waals surface area contributed by atoms with Gasteiger partial charge in [0, 0.05) is 28.1 Å². The summed E-state index contributed by atoms with van der Waals surface area (Å²) in [5, 5.41) is 6.25. The fraction of sp³-hybridized carbons (Fsp3) is 0.0741. The molecule has 0 atom stereocenters. The molecule has 12 rings (SSSR count). The molecule has 4 heterocycles. The van der Waals surface area contributed by atoms with Crippen molar-refractivity contribution >= 4 is 76.7 Å². The number of hydrogen-bond donors (Lipinski definition) is 0. The van der Waals surface area contributed by atoms with Gasteiger partial charge in [-0.05, 0) is 108 Å². The Balaban J connectivity index is 0.00000408. The van der Waals surface area contributed by atoms with Crippen LogP contribution in [0.25, 0.3) is 99.0 Å². The van der Waals surface area contributed by atoms with E-state index in [0.29, 0.717) is 11.5 Å². The molecule has 60 heavy (non-hydrogen) atoms. The molecule has 0 amide bonds. The van der Waals surface area contributed by atoms with Crippen molar-refractivity contribution < 1.29 is 25.2 Å². The monoisotopic (exact) mass is 862 g/mol. The van der Waals surface area contributed by atoms with E-state index in [-0.39, 0.29) is 20.4 Å². The molecule has 4 aromatic heterocycles. The molecule has 6 heteroatoms. The maximum atomic E-state index is 6.76. The van der Waals surface area contributed by atoms with Gasteiger partial charge in [0.1, 0.15) is 0 Å². The van der Waals surface area contributed by atoms with E-state index < -0.39 is 0 Å². The third-order valence-corrected chi connectivity index (χ3v) is 12.2. The number of ether oxygens (including phenoxy) is 1. The second-order valence-electron chi connectivity index (χ2n) is 15.8. The van der Waals surface area contributed by atoms with Crippen LogP contribution in [-0.2, 0) is 20.4 Å². The number of aromatic nitrogens is 4. The summed E-state index contributed by atoms with van der Waals surface area (Å²) in [5.74, 6) is 1.18. The van der Waals surface area contributed by atoms with Crippen molar-refractivity contribution in [3.8, 4) is 33.8 Å². The Hall–Kier alpha value is -6.84. The molecule has 0 aliphatic heterocycles. The topological polar surface area (TPSA) is 43.8 Å². The van der Waals surface area contributed by atoms with Crippen LogP contribution in [0.4, 0.5) is 0 Å². The van der Waals surface area contributed by atoms with Crippen molar-refractivity contribution in [2.24, 2.45) is 0 Å². The van der Waals surface area contributed by atoms with Crippen molar-refractivity contribution in [2.75, 3.05) is 0 Å². The molecule has 0 spiro atoms. The number of hydrogen-bond acceptors (Lipinski definition) is 3. The van der Waals surface area contributed by atoms with E-state index in [9.17, 15) is 0 Å². The summed E-state index contributed by atoms with van der Waals surface area (Å²) >= 11 is 0. The fourth-order valence-electron chi connectivity index (χ4n) is 9.71. The van der Waals surface area contributed by atoms with Crippen LogP contribution in [0.5, 0.6) is 11.5 Å². The molecule has 8 aromatic carbocycles. The first-order valence-corrected chi connectivity index (χ1v) is 20.1. The molecule has 0 N–H and O–H groups in total. The Labute approximate surface area is 360 Å². The average molecular weight is 863 g/mol. The van der Waals surface area contributed by atoms with Gasteiger partial charge >= 0.3 is 20.4 Å². The SMILES string of the molecule is Cc1cccc(C)c1-c1ccc(-c2c(C)cccc2C)c2c1c1ccc(Oc3[c-]c4c(cc3)c3ccccc3n3c5ccccc5nc43)[c-]c1c1nc3ccccc3n12.[Pd+2]. The first-order valence-electron chi connectivity index (χ1n) is 20.1. The summed E-state index contributed by atoms with van der Waals surface area (Å²) in [7, 11) is 0. The number of benzene rings is 8. The summed E-state index contributed by atoms with van der Waals surface area (Å²) in [6.07, 6.45) is 0. The predicted octanol–water partition coefficient (Wildman–Crippen LogP) is 13.9. The Kier molecular flexibility index (Phi) is 8.22. The van der Waals surface area contributed by atoms with Crippen LogP contribution in [0.15, 0.2) is 146 Å². The van der Waals surface area contributed by atoms with Gasteiger partial charge in [0.15, 0.2) is 0 Å². The minimum absolute atomic E-state index is 0. The van der Waals surface area contributed by atoms with E-state index in [1.165, 1.54) is 44.5 Å². The summed E-state index contributed by atoms with van der Waals surface area (Å²) in [6, 6.07) is 58.7. The van der Waals surface area contributed by atoms with E-state index in [0.717, 1.165) is 76.7 Å². The first-order chi connectivity index (χ1) is 28.9. The smallest absolute Gasteiger partial charge is 0.497 e. The standard InChI is InChI=1S/C54H36N4O.Pd/c1-31-13-11-14-32(2)49(31)40-27-28-41(50-33(3)15-12-16-34(50)4)52-51(40)39-26-24-36(30-43(39)54-56-45-19-7-10-22-48(45)58(52)54)59-35-23-25-37-38-17-5-8-20-46(38)57-47-21-9-6-18-44(47)55-53(57)42(37)29-35;/h5-28H,1-4H3;/q-2;+2. The largest absolute Gasteiger partial charge is 2.00 e. The molecule has 5 nitrogen and oxygen atoms in total. The molecule has 0 saturated heterocycles. The van der Waals surface area contributed by atoms with Crippen LogP contribution in [-0.4, -0.2) is 18.8 Å². The Morgan fingerprint density at radius 1 is 0.433 bits per heavy atom. The first kappa shape index (κ1) is 36.3. The maximum Gasteiger partial charge on any atom is 2.00 e. The summed E-state index contributed by atoms with van der Waals surface area (Å²) in [5.41, 5.74) is 17.7. The van der Waals surface area contributed by atoms with E-state index >= 15 is 0 Å². The molecule has 0 radical (unpaired) electrons. The zero-order valence-corrected chi connectivity index (χ0v) is 34.9. The van der Waals surface area contributed by atoms with Gasteiger partial charge in [-0.15, -0.1) is 12.1 Å². The number of aryl methyl sites for hydroxylation is 4. The van der Waals surface area contributed by atoms with Crippen LogP contribution < -0.4 is 4.74 Å². The quantitative estimate of drug-likeness (QED) is 0.101. The van der Waals surface area contributed by atoms with Crippen LogP contribution in [0.2, 0.25) is 0 Å². The van der Waals surface area contributed by atoms with E-state index in [4.69, 9.17) is 14.7 Å². The van der Waals surface area contributed by atoms with Gasteiger partial charge < -0.3 is 13.5 Å². The molecule has 0 fully saturated rings. The number of nitrogens with zero attached hydrogens (tertiary/aromatic N) is 4. The zero-order chi connectivity index (χ0) is 39.5. The van der Waals surface area contributed by atoms with Gasteiger partial charge in [-0.2, -0.15) is 0 Å². The van der Waals surface area contributed by atoms with Crippen LogP contribution in [0, 0.1) is 39.8 Å². The summed E-state index contributed by atoms with van der Waals surface area (Å²) in [4.78, 5) is 10.4. The van der Waals surface area contributed by atoms with Crippen LogP contribution in [0.3, 0.4) is 0 Å². The molecule has 0 aliphatic carbocycles. The third-order valence-electron chi connectivity index (χ3n) is 12.2. The maximum absolute atomic E-state index is 6.76. The second-order valence-corrected chi connectivity index (χ2v) is 15.8. The molecule has 0 aliphatic rings. The second kappa shape index (κ2) is 13.6.